The third-order valence-corrected chi connectivity index (χ3v) is 8.79. The molecule has 0 radical (unpaired) electrons. The SMILES string of the molecule is C.C.C.CC(=O)c1ccc2n1CCC2=O.CC(=O)c1ccc2n1CCC2NS(=O)C(C)(C)C.CC(C)(C)S(N)=O. The fraction of sp³-hybridized carbons (Fsp3) is 0.621. The van der Waals surface area contributed by atoms with Gasteiger partial charge in [-0.05, 0) is 72.2 Å². The number of hydrogen-bond donors (Lipinski definition) is 2. The van der Waals surface area contributed by atoms with Crippen molar-refractivity contribution in [3.8, 4) is 0 Å². The van der Waals surface area contributed by atoms with Gasteiger partial charge in [0, 0.05) is 39.1 Å². The monoisotopic (exact) mass is 600 g/mol. The van der Waals surface area contributed by atoms with Crippen molar-refractivity contribution in [2.45, 2.75) is 119 Å². The van der Waals surface area contributed by atoms with Crippen LogP contribution in [0, 0.1) is 0 Å². The molecule has 230 valence electrons. The van der Waals surface area contributed by atoms with Gasteiger partial charge in [-0.25, -0.2) is 13.1 Å². The van der Waals surface area contributed by atoms with E-state index in [0.717, 1.165) is 24.4 Å². The number of rotatable bonds is 4. The first kappa shape index (κ1) is 39.9. The maximum Gasteiger partial charge on any atom is 0.181 e. The molecular formula is C29H52N4O5S2. The molecule has 3 atom stereocenters. The van der Waals surface area contributed by atoms with Gasteiger partial charge in [0.25, 0.3) is 0 Å². The van der Waals surface area contributed by atoms with Crippen LogP contribution in [-0.4, -0.2) is 44.4 Å². The molecule has 0 saturated heterocycles. The molecule has 0 aromatic carbocycles. The first-order valence-corrected chi connectivity index (χ1v) is 14.6. The van der Waals surface area contributed by atoms with Crippen LogP contribution in [0.4, 0.5) is 0 Å². The third kappa shape index (κ3) is 10.0. The normalized spacial score (nSPS) is 16.7. The maximum absolute atomic E-state index is 12.1. The van der Waals surface area contributed by atoms with E-state index in [4.69, 9.17) is 5.14 Å². The Labute approximate surface area is 246 Å². The van der Waals surface area contributed by atoms with Crippen molar-refractivity contribution >= 4 is 39.3 Å². The smallest absolute Gasteiger partial charge is 0.181 e. The van der Waals surface area contributed by atoms with Crippen molar-refractivity contribution in [2.75, 3.05) is 0 Å². The van der Waals surface area contributed by atoms with Crippen molar-refractivity contribution in [2.24, 2.45) is 5.14 Å². The van der Waals surface area contributed by atoms with Gasteiger partial charge in [-0.2, -0.15) is 0 Å². The van der Waals surface area contributed by atoms with Crippen molar-refractivity contribution in [3.63, 3.8) is 0 Å². The van der Waals surface area contributed by atoms with E-state index in [1.165, 1.54) is 6.92 Å². The Kier molecular flexibility index (Phi) is 15.7. The minimum atomic E-state index is -1.18. The summed E-state index contributed by atoms with van der Waals surface area (Å²) in [6.07, 6.45) is 1.43. The fourth-order valence-corrected chi connectivity index (χ4v) is 4.63. The fourth-order valence-electron chi connectivity index (χ4n) is 3.78. The number of ketones is 3. The molecule has 4 heterocycles. The summed E-state index contributed by atoms with van der Waals surface area (Å²) >= 11 is 0. The highest BCUT2D eigenvalue weighted by atomic mass is 32.2. The van der Waals surface area contributed by atoms with Crippen LogP contribution in [0.3, 0.4) is 0 Å². The van der Waals surface area contributed by atoms with Crippen molar-refractivity contribution in [1.82, 2.24) is 13.9 Å². The van der Waals surface area contributed by atoms with Crippen LogP contribution in [0.5, 0.6) is 0 Å². The second kappa shape index (κ2) is 15.7. The lowest BCUT2D eigenvalue weighted by molar-refractivity contribution is 0.0989. The molecule has 2 aromatic heterocycles. The Morgan fingerprint density at radius 3 is 1.77 bits per heavy atom. The molecule has 0 amide bonds. The van der Waals surface area contributed by atoms with Gasteiger partial charge in [-0.1, -0.05) is 22.3 Å². The molecule has 4 rings (SSSR count). The van der Waals surface area contributed by atoms with Crippen molar-refractivity contribution in [3.05, 3.63) is 47.0 Å². The number of hydrogen-bond acceptors (Lipinski definition) is 5. The Balaban J connectivity index is 0. The quantitative estimate of drug-likeness (QED) is 0.429. The topological polar surface area (TPSA) is 133 Å². The number of nitrogens with zero attached hydrogens (tertiary/aromatic N) is 2. The Morgan fingerprint density at radius 2 is 1.32 bits per heavy atom. The highest BCUT2D eigenvalue weighted by molar-refractivity contribution is 7.84. The van der Waals surface area contributed by atoms with E-state index in [-0.39, 0.29) is 55.2 Å². The third-order valence-electron chi connectivity index (χ3n) is 5.97. The molecule has 3 unspecified atom stereocenters. The molecule has 9 nitrogen and oxygen atoms in total. The molecule has 2 aliphatic rings. The van der Waals surface area contributed by atoms with E-state index in [1.54, 1.807) is 23.6 Å². The molecule has 40 heavy (non-hydrogen) atoms. The van der Waals surface area contributed by atoms with Gasteiger partial charge in [-0.15, -0.1) is 0 Å². The zero-order valence-electron chi connectivity index (χ0n) is 23.0. The van der Waals surface area contributed by atoms with Crippen LogP contribution in [0.1, 0.15) is 134 Å². The van der Waals surface area contributed by atoms with Gasteiger partial charge in [0.15, 0.2) is 17.3 Å². The van der Waals surface area contributed by atoms with Crippen LogP contribution >= 0.6 is 0 Å². The molecule has 11 heteroatoms. The molecule has 2 aliphatic heterocycles. The summed E-state index contributed by atoms with van der Waals surface area (Å²) in [6, 6.07) is 7.34. The molecule has 0 spiro atoms. The summed E-state index contributed by atoms with van der Waals surface area (Å²) in [5.41, 5.74) is 3.14. The van der Waals surface area contributed by atoms with Gasteiger partial charge in [-0.3, -0.25) is 19.5 Å². The second-order valence-corrected chi connectivity index (χ2v) is 14.9. The zero-order chi connectivity index (χ0) is 28.3. The van der Waals surface area contributed by atoms with Crippen LogP contribution in [0.15, 0.2) is 24.3 Å². The number of Topliss-reactive ketones (excluding diaryl/α,β-unsaturated/α-hetero) is 3. The number of nitrogens with one attached hydrogen (secondary N) is 1. The molecule has 0 saturated carbocycles. The lowest BCUT2D eigenvalue weighted by atomic mass is 10.2. The second-order valence-electron chi connectivity index (χ2n) is 11.1. The van der Waals surface area contributed by atoms with Crippen LogP contribution in [0.25, 0.3) is 0 Å². The minimum Gasteiger partial charge on any atom is -0.341 e. The molecule has 3 N–H and O–H groups in total. The Bertz CT molecular complexity index is 1220. The maximum atomic E-state index is 12.1. The molecular weight excluding hydrogens is 548 g/mol. The lowest BCUT2D eigenvalue weighted by Crippen LogP contribution is -2.35. The minimum absolute atomic E-state index is 0. The number of nitrogens with two attached hydrogens (primary N) is 1. The number of carbonyl (C=O) groups excluding carboxylic acids is 3. The highest BCUT2D eigenvalue weighted by Crippen LogP contribution is 2.30. The van der Waals surface area contributed by atoms with Crippen LogP contribution in [0.2, 0.25) is 0 Å². The van der Waals surface area contributed by atoms with Gasteiger partial charge in [0.2, 0.25) is 0 Å². The van der Waals surface area contributed by atoms with E-state index >= 15 is 0 Å². The number of fused-ring (bicyclic) bond motifs is 2. The van der Waals surface area contributed by atoms with Crippen LogP contribution < -0.4 is 9.86 Å². The Morgan fingerprint density at radius 1 is 0.850 bits per heavy atom. The molecule has 2 aromatic rings. The molecule has 0 fully saturated rings. The first-order chi connectivity index (χ1) is 16.9. The summed E-state index contributed by atoms with van der Waals surface area (Å²) < 4.78 is 28.9. The van der Waals surface area contributed by atoms with E-state index in [1.807, 2.05) is 58.2 Å². The summed E-state index contributed by atoms with van der Waals surface area (Å²) in [6.45, 7) is 15.9. The van der Waals surface area contributed by atoms with E-state index in [9.17, 15) is 22.8 Å². The van der Waals surface area contributed by atoms with Crippen LogP contribution in [-0.2, 0) is 35.1 Å². The van der Waals surface area contributed by atoms with Crippen molar-refractivity contribution in [1.29, 1.82) is 0 Å². The highest BCUT2D eigenvalue weighted by Gasteiger charge is 2.30. The summed E-state index contributed by atoms with van der Waals surface area (Å²) in [5, 5.41) is 5.04. The number of aromatic nitrogens is 2. The summed E-state index contributed by atoms with van der Waals surface area (Å²) in [7, 11) is -2.27. The van der Waals surface area contributed by atoms with Crippen molar-refractivity contribution < 1.29 is 22.8 Å². The summed E-state index contributed by atoms with van der Waals surface area (Å²) in [5.74, 6) is 0.247. The standard InChI is InChI=1S/C13H20N2O2S.C9H9NO2.C4H11NOS.3CH4/c1-9(16)11-5-6-12-10(7-8-15(11)12)14-18(17)13(2,3)4;1-6(11)7-2-3-8-9(12)4-5-10(7)8;1-4(2,3)7(5)6;;;/h5-6,10,14H,7-8H2,1-4H3;2-3H,4-5H2,1H3;5H2,1-3H3;3*1H4. The van der Waals surface area contributed by atoms with Gasteiger partial charge >= 0.3 is 0 Å². The summed E-state index contributed by atoms with van der Waals surface area (Å²) in [4.78, 5) is 33.7. The van der Waals surface area contributed by atoms with Gasteiger partial charge in [0.05, 0.1) is 54.6 Å². The van der Waals surface area contributed by atoms with Gasteiger partial charge < -0.3 is 9.13 Å². The molecule has 0 aliphatic carbocycles. The molecule has 0 bridgehead atoms. The first-order valence-electron chi connectivity index (χ1n) is 12.2. The average Bonchev–Trinajstić information content (AvgIpc) is 3.51. The van der Waals surface area contributed by atoms with Gasteiger partial charge in [0.1, 0.15) is 0 Å². The van der Waals surface area contributed by atoms with E-state index < -0.39 is 22.0 Å². The Hall–Kier alpha value is -2.21. The number of carbonyl (C=O) groups is 3. The largest absolute Gasteiger partial charge is 0.341 e. The van der Waals surface area contributed by atoms with E-state index in [0.29, 0.717) is 24.4 Å². The average molecular weight is 601 g/mol. The lowest BCUT2D eigenvalue weighted by Gasteiger charge is -2.21. The zero-order valence-corrected chi connectivity index (χ0v) is 24.7. The predicted molar refractivity (Wildman–Crippen MR) is 168 cm³/mol. The van der Waals surface area contributed by atoms with E-state index in [2.05, 4.69) is 4.72 Å². The predicted octanol–water partition coefficient (Wildman–Crippen LogP) is 5.78.